The Morgan fingerprint density at radius 3 is 2.74 bits per heavy atom. The van der Waals surface area contributed by atoms with Gasteiger partial charge in [-0.05, 0) is 38.5 Å². The molecule has 0 radical (unpaired) electrons. The number of anilines is 1. The maximum Gasteiger partial charge on any atom is 0.259 e. The Hall–Kier alpha value is -2.34. The number of carbonyl (C=O) groups is 1. The third kappa shape index (κ3) is 3.53. The summed E-state index contributed by atoms with van der Waals surface area (Å²) < 4.78 is 7.02. The van der Waals surface area contributed by atoms with Gasteiger partial charge in [0.05, 0.1) is 25.0 Å². The summed E-state index contributed by atoms with van der Waals surface area (Å²) in [4.78, 5) is 12.6. The molecule has 0 spiro atoms. The lowest BCUT2D eigenvalue weighted by Gasteiger charge is -2.10. The van der Waals surface area contributed by atoms with Gasteiger partial charge in [0.15, 0.2) is 0 Å². The second-order valence-electron chi connectivity index (χ2n) is 5.41. The molecule has 124 valence electrons. The van der Waals surface area contributed by atoms with E-state index in [0.29, 0.717) is 28.3 Å². The third-order valence-electron chi connectivity index (χ3n) is 3.75. The van der Waals surface area contributed by atoms with Crippen LogP contribution in [-0.4, -0.2) is 27.9 Å². The molecule has 0 bridgehead atoms. The van der Waals surface area contributed by atoms with Crippen LogP contribution in [0, 0.1) is 13.8 Å². The molecule has 6 heteroatoms. The van der Waals surface area contributed by atoms with Crippen molar-refractivity contribution in [3.8, 4) is 5.75 Å². The van der Waals surface area contributed by atoms with Crippen LogP contribution >= 0.6 is 0 Å². The van der Waals surface area contributed by atoms with Crippen molar-refractivity contribution >= 4 is 11.6 Å². The number of nitrogens with zero attached hydrogens (tertiary/aromatic N) is 2. The van der Waals surface area contributed by atoms with Gasteiger partial charge < -0.3 is 15.2 Å². The van der Waals surface area contributed by atoms with E-state index in [-0.39, 0.29) is 12.5 Å². The zero-order chi connectivity index (χ0) is 17.0. The summed E-state index contributed by atoms with van der Waals surface area (Å²) in [7, 11) is 1.54. The number of nitrogens with one attached hydrogen (secondary N) is 1. The predicted octanol–water partition coefficient (Wildman–Crippen LogP) is 2.66. The second-order valence-corrected chi connectivity index (χ2v) is 5.41. The molecule has 2 aromatic rings. The topological polar surface area (TPSA) is 76.4 Å². The molecule has 1 aromatic heterocycles. The molecule has 0 fully saturated rings. The van der Waals surface area contributed by atoms with Gasteiger partial charge in [-0.1, -0.05) is 6.92 Å². The Bertz CT molecular complexity index is 707. The van der Waals surface area contributed by atoms with Gasteiger partial charge in [0, 0.05) is 23.5 Å². The van der Waals surface area contributed by atoms with Crippen molar-refractivity contribution < 1.29 is 14.6 Å². The van der Waals surface area contributed by atoms with Crippen molar-refractivity contribution in [2.24, 2.45) is 0 Å². The average Bonchev–Trinajstić information content (AvgIpc) is 2.81. The van der Waals surface area contributed by atoms with Crippen LogP contribution in [0.1, 0.15) is 40.7 Å². The summed E-state index contributed by atoms with van der Waals surface area (Å²) >= 11 is 0. The van der Waals surface area contributed by atoms with E-state index < -0.39 is 0 Å². The molecule has 0 saturated heterocycles. The molecule has 2 rings (SSSR count). The van der Waals surface area contributed by atoms with Crippen LogP contribution in [0.2, 0.25) is 0 Å². The first-order valence-corrected chi connectivity index (χ1v) is 7.64. The fourth-order valence-corrected chi connectivity index (χ4v) is 2.63. The van der Waals surface area contributed by atoms with E-state index >= 15 is 0 Å². The lowest BCUT2D eigenvalue weighted by Crippen LogP contribution is -2.14. The highest BCUT2D eigenvalue weighted by atomic mass is 16.5. The number of amides is 1. The van der Waals surface area contributed by atoms with Crippen molar-refractivity contribution in [2.45, 2.75) is 40.3 Å². The van der Waals surface area contributed by atoms with Gasteiger partial charge in [0.25, 0.3) is 5.91 Å². The van der Waals surface area contributed by atoms with Gasteiger partial charge >= 0.3 is 0 Å². The largest absolute Gasteiger partial charge is 0.496 e. The number of aromatic nitrogens is 2. The molecule has 0 aliphatic heterocycles. The zero-order valence-corrected chi connectivity index (χ0v) is 14.0. The van der Waals surface area contributed by atoms with Crippen molar-refractivity contribution in [3.63, 3.8) is 0 Å². The molecule has 0 saturated carbocycles. The van der Waals surface area contributed by atoms with Crippen molar-refractivity contribution in [1.29, 1.82) is 0 Å². The van der Waals surface area contributed by atoms with Gasteiger partial charge in [0.1, 0.15) is 5.75 Å². The van der Waals surface area contributed by atoms with E-state index in [1.54, 1.807) is 25.3 Å². The fraction of sp³-hybridized carbons (Fsp3) is 0.412. The molecule has 1 heterocycles. The van der Waals surface area contributed by atoms with Crippen molar-refractivity contribution in [2.75, 3.05) is 12.4 Å². The number of rotatable bonds is 6. The van der Waals surface area contributed by atoms with Crippen LogP contribution in [0.5, 0.6) is 5.75 Å². The van der Waals surface area contributed by atoms with Crippen LogP contribution in [0.3, 0.4) is 0 Å². The number of aryl methyl sites for hydroxylation is 2. The summed E-state index contributed by atoms with van der Waals surface area (Å²) in [6, 6.07) is 5.18. The number of carbonyl (C=O) groups excluding carboxylic acids is 1. The normalized spacial score (nSPS) is 10.7. The molecule has 0 aliphatic rings. The quantitative estimate of drug-likeness (QED) is 0.859. The first kappa shape index (κ1) is 17.0. The zero-order valence-electron chi connectivity index (χ0n) is 14.0. The number of hydrogen-bond donors (Lipinski definition) is 2. The van der Waals surface area contributed by atoms with Gasteiger partial charge in [-0.3, -0.25) is 9.48 Å². The number of ether oxygens (including phenoxy) is 1. The molecule has 0 unspecified atom stereocenters. The second kappa shape index (κ2) is 7.28. The lowest BCUT2D eigenvalue weighted by molar-refractivity contribution is 0.102. The minimum Gasteiger partial charge on any atom is -0.496 e. The summed E-state index contributed by atoms with van der Waals surface area (Å²) in [5.41, 5.74) is 3.41. The molecule has 6 nitrogen and oxygen atoms in total. The Kier molecular flexibility index (Phi) is 5.39. The third-order valence-corrected chi connectivity index (χ3v) is 3.75. The van der Waals surface area contributed by atoms with Crippen LogP contribution in [0.25, 0.3) is 0 Å². The minimum absolute atomic E-state index is 0.153. The molecule has 1 aromatic carbocycles. The van der Waals surface area contributed by atoms with E-state index in [0.717, 1.165) is 18.7 Å². The maximum absolute atomic E-state index is 12.6. The molecule has 0 atom stereocenters. The van der Waals surface area contributed by atoms with Crippen LogP contribution in [0.4, 0.5) is 5.69 Å². The highest BCUT2D eigenvalue weighted by Crippen LogP contribution is 2.23. The van der Waals surface area contributed by atoms with Gasteiger partial charge in [-0.25, -0.2) is 0 Å². The Labute approximate surface area is 136 Å². The van der Waals surface area contributed by atoms with Crippen LogP contribution in [-0.2, 0) is 13.2 Å². The number of aliphatic hydroxyl groups excluding tert-OH is 1. The molecule has 23 heavy (non-hydrogen) atoms. The monoisotopic (exact) mass is 317 g/mol. The summed E-state index contributed by atoms with van der Waals surface area (Å²) in [6.07, 6.45) is 0.960. The highest BCUT2D eigenvalue weighted by Gasteiger charge is 2.18. The Morgan fingerprint density at radius 2 is 2.13 bits per heavy atom. The minimum atomic E-state index is -0.198. The number of aliphatic hydroxyl groups is 1. The molecule has 0 aliphatic carbocycles. The molecule has 1 amide bonds. The highest BCUT2D eigenvalue weighted by molar-refractivity contribution is 6.05. The molecule has 2 N–H and O–H groups in total. The fourth-order valence-electron chi connectivity index (χ4n) is 2.63. The SMILES string of the molecule is CCCn1nc(C)c(C(=O)Nc2ccc(OC)c(CO)c2)c1C. The van der Waals surface area contributed by atoms with E-state index in [1.165, 1.54) is 0 Å². The smallest absolute Gasteiger partial charge is 0.259 e. The lowest BCUT2D eigenvalue weighted by atomic mass is 10.1. The van der Waals surface area contributed by atoms with E-state index in [4.69, 9.17) is 4.74 Å². The maximum atomic E-state index is 12.6. The molecular formula is C17H23N3O3. The average molecular weight is 317 g/mol. The van der Waals surface area contributed by atoms with Gasteiger partial charge in [0.2, 0.25) is 0 Å². The Balaban J connectivity index is 2.26. The van der Waals surface area contributed by atoms with Crippen molar-refractivity contribution in [3.05, 3.63) is 40.7 Å². The summed E-state index contributed by atoms with van der Waals surface area (Å²) in [5, 5.41) is 16.7. The summed E-state index contributed by atoms with van der Waals surface area (Å²) in [5.74, 6) is 0.394. The summed E-state index contributed by atoms with van der Waals surface area (Å²) in [6.45, 7) is 6.44. The van der Waals surface area contributed by atoms with E-state index in [1.807, 2.05) is 18.5 Å². The standard InChI is InChI=1S/C17H23N3O3/c1-5-8-20-12(3)16(11(2)19-20)17(22)18-14-6-7-15(23-4)13(9-14)10-21/h6-7,9,21H,5,8,10H2,1-4H3,(H,18,22). The van der Waals surface area contributed by atoms with Crippen molar-refractivity contribution in [1.82, 2.24) is 9.78 Å². The number of hydrogen-bond acceptors (Lipinski definition) is 4. The first-order chi connectivity index (χ1) is 11.0. The van der Waals surface area contributed by atoms with Gasteiger partial charge in [-0.2, -0.15) is 5.10 Å². The van der Waals surface area contributed by atoms with Crippen LogP contribution in [0.15, 0.2) is 18.2 Å². The predicted molar refractivity (Wildman–Crippen MR) is 88.9 cm³/mol. The first-order valence-electron chi connectivity index (χ1n) is 7.64. The van der Waals surface area contributed by atoms with Crippen LogP contribution < -0.4 is 10.1 Å². The van der Waals surface area contributed by atoms with E-state index in [9.17, 15) is 9.90 Å². The van der Waals surface area contributed by atoms with E-state index in [2.05, 4.69) is 17.3 Å². The number of benzene rings is 1. The molecular weight excluding hydrogens is 294 g/mol. The van der Waals surface area contributed by atoms with Gasteiger partial charge in [-0.15, -0.1) is 0 Å². The Morgan fingerprint density at radius 1 is 1.39 bits per heavy atom. The number of methoxy groups -OCH3 is 1.